The highest BCUT2D eigenvalue weighted by Crippen LogP contribution is 2.39. The summed E-state index contributed by atoms with van der Waals surface area (Å²) >= 11 is 0. The van der Waals surface area contributed by atoms with Crippen molar-refractivity contribution in [3.63, 3.8) is 0 Å². The van der Waals surface area contributed by atoms with E-state index in [9.17, 15) is 17.6 Å². The predicted molar refractivity (Wildman–Crippen MR) is 121 cm³/mol. The molecule has 0 aliphatic carbocycles. The minimum atomic E-state index is -4.44. The van der Waals surface area contributed by atoms with Crippen LogP contribution in [0.3, 0.4) is 0 Å². The Hall–Kier alpha value is -3.87. The Labute approximate surface area is 192 Å². The molecular formula is C24H20F4N6. The van der Waals surface area contributed by atoms with Gasteiger partial charge in [-0.2, -0.15) is 18.2 Å². The predicted octanol–water partition coefficient (Wildman–Crippen LogP) is 5.02. The van der Waals surface area contributed by atoms with Gasteiger partial charge in [0.1, 0.15) is 23.4 Å². The van der Waals surface area contributed by atoms with Crippen molar-refractivity contribution in [3.05, 3.63) is 53.6 Å². The van der Waals surface area contributed by atoms with E-state index in [1.807, 2.05) is 11.0 Å². The summed E-state index contributed by atoms with van der Waals surface area (Å²) in [4.78, 5) is 6.55. The van der Waals surface area contributed by atoms with E-state index in [0.29, 0.717) is 47.4 Å². The zero-order valence-corrected chi connectivity index (χ0v) is 18.4. The number of nitrogen functional groups attached to an aromatic ring is 1. The van der Waals surface area contributed by atoms with Crippen LogP contribution in [0, 0.1) is 23.1 Å². The number of anilines is 3. The molecule has 34 heavy (non-hydrogen) atoms. The third-order valence-corrected chi connectivity index (χ3v) is 6.08. The molecule has 5 rings (SSSR count). The molecule has 0 atom stereocenters. The van der Waals surface area contributed by atoms with Crippen molar-refractivity contribution in [1.29, 1.82) is 0 Å². The first-order valence-electron chi connectivity index (χ1n) is 10.6. The third-order valence-electron chi connectivity index (χ3n) is 6.08. The van der Waals surface area contributed by atoms with Gasteiger partial charge in [-0.3, -0.25) is 4.40 Å². The third kappa shape index (κ3) is 3.48. The van der Waals surface area contributed by atoms with Gasteiger partial charge in [-0.05, 0) is 56.5 Å². The standard InChI is InChI=1S/C24H20F4N6/c1-23(2,24(26,27)28)9-8-14-5-3-7-19-15(14)6-4-10-33(19)21-16-11-17(25)18(29)12-20(16)34-13-30-32-22(34)31-21/h3,5,7,11-13H,4,6,10,29H2,1-2H3. The molecule has 0 fully saturated rings. The molecule has 0 bridgehead atoms. The first kappa shape index (κ1) is 21.9. The summed E-state index contributed by atoms with van der Waals surface area (Å²) in [6.07, 6.45) is -1.60. The fraction of sp³-hybridized carbons (Fsp3) is 0.292. The van der Waals surface area contributed by atoms with Crippen LogP contribution in [0.1, 0.15) is 31.4 Å². The van der Waals surface area contributed by atoms with Gasteiger partial charge in [0.25, 0.3) is 5.78 Å². The summed E-state index contributed by atoms with van der Waals surface area (Å²) < 4.78 is 56.0. The lowest BCUT2D eigenvalue weighted by molar-refractivity contribution is -0.190. The second kappa shape index (κ2) is 7.58. The molecule has 0 unspecified atom stereocenters. The second-order valence-corrected chi connectivity index (χ2v) is 8.76. The van der Waals surface area contributed by atoms with Gasteiger partial charge >= 0.3 is 6.18 Å². The number of benzene rings is 2. The van der Waals surface area contributed by atoms with E-state index < -0.39 is 17.4 Å². The van der Waals surface area contributed by atoms with Crippen LogP contribution in [0.15, 0.2) is 36.7 Å². The van der Waals surface area contributed by atoms with Crippen molar-refractivity contribution in [2.24, 2.45) is 5.41 Å². The van der Waals surface area contributed by atoms with Gasteiger partial charge in [0.15, 0.2) is 0 Å². The molecule has 2 N–H and O–H groups in total. The highest BCUT2D eigenvalue weighted by atomic mass is 19.4. The van der Waals surface area contributed by atoms with Crippen LogP contribution < -0.4 is 10.6 Å². The average Bonchev–Trinajstić information content (AvgIpc) is 3.26. The number of hydrogen-bond acceptors (Lipinski definition) is 5. The molecule has 4 aromatic rings. The SMILES string of the molecule is CC(C)(C#Cc1cccc2c1CCCN2c1nc2nncn2c2cc(N)c(F)cc12)C(F)(F)F. The summed E-state index contributed by atoms with van der Waals surface area (Å²) in [5, 5.41) is 8.46. The van der Waals surface area contributed by atoms with E-state index in [1.54, 1.807) is 16.5 Å². The van der Waals surface area contributed by atoms with Crippen molar-refractivity contribution in [3.8, 4) is 11.8 Å². The minimum Gasteiger partial charge on any atom is -0.396 e. The van der Waals surface area contributed by atoms with Crippen molar-refractivity contribution in [1.82, 2.24) is 19.6 Å². The normalized spacial score (nSPS) is 14.2. The number of aromatic nitrogens is 4. The Kier molecular flexibility index (Phi) is 4.90. The van der Waals surface area contributed by atoms with Crippen molar-refractivity contribution >= 4 is 33.9 Å². The van der Waals surface area contributed by atoms with Crippen molar-refractivity contribution < 1.29 is 17.6 Å². The topological polar surface area (TPSA) is 72.3 Å². The maximum Gasteiger partial charge on any atom is 0.404 e. The number of rotatable bonds is 1. The highest BCUT2D eigenvalue weighted by Gasteiger charge is 2.46. The van der Waals surface area contributed by atoms with E-state index in [4.69, 9.17) is 5.73 Å². The molecule has 174 valence electrons. The Morgan fingerprint density at radius 1 is 1.15 bits per heavy atom. The van der Waals surface area contributed by atoms with Crippen LogP contribution in [-0.4, -0.2) is 32.3 Å². The lowest BCUT2D eigenvalue weighted by atomic mass is 9.91. The number of nitrogens with two attached hydrogens (primary N) is 1. The van der Waals surface area contributed by atoms with Crippen LogP contribution in [0.2, 0.25) is 0 Å². The molecule has 2 aromatic heterocycles. The van der Waals surface area contributed by atoms with E-state index in [1.165, 1.54) is 18.5 Å². The fourth-order valence-electron chi connectivity index (χ4n) is 4.05. The number of hydrogen-bond donors (Lipinski definition) is 1. The van der Waals surface area contributed by atoms with Crippen LogP contribution in [0.5, 0.6) is 0 Å². The minimum absolute atomic E-state index is 0.0106. The lowest BCUT2D eigenvalue weighted by Crippen LogP contribution is -2.30. The molecule has 3 heterocycles. The maximum absolute atomic E-state index is 14.5. The number of fused-ring (bicyclic) bond motifs is 4. The van der Waals surface area contributed by atoms with Crippen LogP contribution in [0.25, 0.3) is 16.7 Å². The zero-order valence-electron chi connectivity index (χ0n) is 18.4. The van der Waals surface area contributed by atoms with Crippen LogP contribution >= 0.6 is 0 Å². The van der Waals surface area contributed by atoms with Gasteiger partial charge < -0.3 is 10.6 Å². The largest absolute Gasteiger partial charge is 0.404 e. The van der Waals surface area contributed by atoms with Crippen molar-refractivity contribution in [2.45, 2.75) is 32.9 Å². The lowest BCUT2D eigenvalue weighted by Gasteiger charge is -2.32. The van der Waals surface area contributed by atoms with E-state index in [0.717, 1.165) is 25.1 Å². The van der Waals surface area contributed by atoms with Gasteiger partial charge in [-0.15, -0.1) is 10.2 Å². The summed E-state index contributed by atoms with van der Waals surface area (Å²) in [5.41, 5.74) is 6.37. The molecule has 1 aliphatic rings. The molecule has 10 heteroatoms. The molecular weight excluding hydrogens is 448 g/mol. The van der Waals surface area contributed by atoms with E-state index in [2.05, 4.69) is 27.0 Å². The zero-order chi connectivity index (χ0) is 24.3. The first-order chi connectivity index (χ1) is 16.1. The quantitative estimate of drug-likeness (QED) is 0.241. The monoisotopic (exact) mass is 468 g/mol. The fourth-order valence-corrected chi connectivity index (χ4v) is 4.05. The summed E-state index contributed by atoms with van der Waals surface area (Å²) in [6.45, 7) is 2.70. The number of halogens is 4. The van der Waals surface area contributed by atoms with Gasteiger partial charge in [0.05, 0.1) is 11.2 Å². The Morgan fingerprint density at radius 3 is 2.71 bits per heavy atom. The average molecular weight is 468 g/mol. The Bertz CT molecular complexity index is 1490. The molecule has 2 aromatic carbocycles. The first-order valence-corrected chi connectivity index (χ1v) is 10.6. The molecule has 1 aliphatic heterocycles. The van der Waals surface area contributed by atoms with Crippen LogP contribution in [0.4, 0.5) is 34.8 Å². The smallest absolute Gasteiger partial charge is 0.396 e. The maximum atomic E-state index is 14.5. The van der Waals surface area contributed by atoms with E-state index in [-0.39, 0.29) is 5.69 Å². The molecule has 0 spiro atoms. The van der Waals surface area contributed by atoms with Crippen molar-refractivity contribution in [2.75, 3.05) is 17.2 Å². The second-order valence-electron chi connectivity index (χ2n) is 8.76. The van der Waals surface area contributed by atoms with Gasteiger partial charge in [-0.25, -0.2) is 4.39 Å². The molecule has 0 amide bonds. The number of alkyl halides is 3. The highest BCUT2D eigenvalue weighted by molar-refractivity contribution is 5.95. The molecule has 0 radical (unpaired) electrons. The Morgan fingerprint density at radius 2 is 1.94 bits per heavy atom. The Balaban J connectivity index is 1.69. The van der Waals surface area contributed by atoms with Gasteiger partial charge in [-0.1, -0.05) is 17.9 Å². The van der Waals surface area contributed by atoms with Gasteiger partial charge in [0.2, 0.25) is 0 Å². The number of nitrogens with zero attached hydrogens (tertiary/aromatic N) is 5. The summed E-state index contributed by atoms with van der Waals surface area (Å²) in [6, 6.07) is 8.17. The molecule has 6 nitrogen and oxygen atoms in total. The van der Waals surface area contributed by atoms with Gasteiger partial charge in [0, 0.05) is 23.2 Å². The molecule has 0 saturated carbocycles. The summed E-state index contributed by atoms with van der Waals surface area (Å²) in [7, 11) is 0. The molecule has 0 saturated heterocycles. The van der Waals surface area contributed by atoms with E-state index >= 15 is 0 Å². The summed E-state index contributed by atoms with van der Waals surface area (Å²) in [5.74, 6) is 5.36. The van der Waals surface area contributed by atoms with Crippen LogP contribution in [-0.2, 0) is 6.42 Å².